The lowest BCUT2D eigenvalue weighted by molar-refractivity contribution is -0.137. The van der Waals surface area contributed by atoms with Crippen molar-refractivity contribution in [1.82, 2.24) is 25.6 Å². The summed E-state index contributed by atoms with van der Waals surface area (Å²) in [5.41, 5.74) is 1.13. The Kier molecular flexibility index (Phi) is 8.21. The summed E-state index contributed by atoms with van der Waals surface area (Å²) < 4.78 is 51.7. The molecule has 2 amide bonds. The number of aromatic nitrogens is 3. The van der Waals surface area contributed by atoms with E-state index in [-0.39, 0.29) is 47.7 Å². The van der Waals surface area contributed by atoms with Gasteiger partial charge < -0.3 is 25.1 Å². The predicted molar refractivity (Wildman–Crippen MR) is 145 cm³/mol. The van der Waals surface area contributed by atoms with E-state index in [1.54, 1.807) is 6.92 Å². The van der Waals surface area contributed by atoms with E-state index >= 15 is 0 Å². The lowest BCUT2D eigenvalue weighted by Gasteiger charge is -2.35. The van der Waals surface area contributed by atoms with Crippen molar-refractivity contribution in [2.45, 2.75) is 64.2 Å². The van der Waals surface area contributed by atoms with Crippen molar-refractivity contribution in [3.05, 3.63) is 41.3 Å². The lowest BCUT2D eigenvalue weighted by Crippen LogP contribution is -2.48. The number of nitrogens with zero attached hydrogens (tertiary/aromatic N) is 2. The summed E-state index contributed by atoms with van der Waals surface area (Å²) in [5, 5.41) is 6.08. The molecule has 12 heteroatoms. The minimum Gasteiger partial charge on any atom is -0.493 e. The SMILES string of the molecule is COCC(=O)N[C@@H]1CC[C@@H](NC(=O)c2c(C)[nH]c3c(-c4cc(C(F)(F)F)ccc4OCC4CC4)ncnc23)[C@H](C)C1. The number of hydrogen-bond acceptors (Lipinski definition) is 6. The second-order valence-corrected chi connectivity index (χ2v) is 11.1. The summed E-state index contributed by atoms with van der Waals surface area (Å²) in [6, 6.07) is 3.25. The second kappa shape index (κ2) is 11.7. The van der Waals surface area contributed by atoms with Crippen LogP contribution in [-0.4, -0.2) is 59.2 Å². The fourth-order valence-electron chi connectivity index (χ4n) is 5.50. The summed E-state index contributed by atoms with van der Waals surface area (Å²) >= 11 is 0. The van der Waals surface area contributed by atoms with E-state index in [4.69, 9.17) is 9.47 Å². The Morgan fingerprint density at radius 2 is 1.90 bits per heavy atom. The highest BCUT2D eigenvalue weighted by Crippen LogP contribution is 2.40. The number of H-pyrrole nitrogens is 1. The quantitative estimate of drug-likeness (QED) is 0.339. The van der Waals surface area contributed by atoms with E-state index in [0.717, 1.165) is 25.0 Å². The molecule has 0 spiro atoms. The number of aromatic amines is 1. The van der Waals surface area contributed by atoms with Gasteiger partial charge in [-0.15, -0.1) is 0 Å². The number of fused-ring (bicyclic) bond motifs is 1. The van der Waals surface area contributed by atoms with Crippen molar-refractivity contribution >= 4 is 22.8 Å². The van der Waals surface area contributed by atoms with Crippen LogP contribution in [-0.2, 0) is 15.7 Å². The minimum atomic E-state index is -4.55. The molecule has 2 aliphatic carbocycles. The highest BCUT2D eigenvalue weighted by molar-refractivity contribution is 6.09. The van der Waals surface area contributed by atoms with Gasteiger partial charge in [-0.05, 0) is 69.1 Å². The summed E-state index contributed by atoms with van der Waals surface area (Å²) in [6.45, 7) is 4.17. The Balaban J connectivity index is 1.41. The molecule has 3 atom stereocenters. The highest BCUT2D eigenvalue weighted by Gasteiger charge is 2.34. The molecule has 9 nitrogen and oxygen atoms in total. The van der Waals surface area contributed by atoms with E-state index in [9.17, 15) is 22.8 Å². The molecule has 2 aromatic heterocycles. The maximum atomic E-state index is 13.6. The van der Waals surface area contributed by atoms with E-state index in [0.29, 0.717) is 59.8 Å². The molecule has 1 aromatic carbocycles. The number of hydrogen-bond donors (Lipinski definition) is 3. The van der Waals surface area contributed by atoms with Crippen LogP contribution in [0.5, 0.6) is 5.75 Å². The van der Waals surface area contributed by atoms with Crippen molar-refractivity contribution in [2.75, 3.05) is 20.3 Å². The van der Waals surface area contributed by atoms with Crippen LogP contribution < -0.4 is 15.4 Å². The predicted octanol–water partition coefficient (Wildman–Crippen LogP) is 4.79. The standard InChI is InChI=1S/C29H34F3N5O4/c1-15-10-19(36-23(38)13-40-3)7-8-21(15)37-28(39)24-16(2)35-27-25(33-14-34-26(24)27)20-11-18(29(30,31)32)6-9-22(20)41-12-17-4-5-17/h6,9,11,14-15,17,19,21,35H,4-5,7-8,10,12-13H2,1-3H3,(H,36,38)(H,37,39)/t15-,19-,21-/m1/s1. The van der Waals surface area contributed by atoms with Crippen LogP contribution in [0.1, 0.15) is 60.6 Å². The minimum absolute atomic E-state index is 0.00334. The van der Waals surface area contributed by atoms with Gasteiger partial charge in [0.15, 0.2) is 0 Å². The number of nitrogens with one attached hydrogen (secondary N) is 3. The molecule has 2 heterocycles. The van der Waals surface area contributed by atoms with Crippen LogP contribution in [0.3, 0.4) is 0 Å². The van der Waals surface area contributed by atoms with E-state index in [2.05, 4.69) is 25.6 Å². The summed E-state index contributed by atoms with van der Waals surface area (Å²) in [4.78, 5) is 37.2. The Morgan fingerprint density at radius 1 is 1.12 bits per heavy atom. The Morgan fingerprint density at radius 3 is 2.59 bits per heavy atom. The van der Waals surface area contributed by atoms with Crippen LogP contribution in [0, 0.1) is 18.8 Å². The molecular formula is C29H34F3N5O4. The average Bonchev–Trinajstić information content (AvgIpc) is 3.68. The molecule has 220 valence electrons. The van der Waals surface area contributed by atoms with E-state index in [1.807, 2.05) is 6.92 Å². The van der Waals surface area contributed by atoms with Crippen LogP contribution in [0.2, 0.25) is 0 Å². The third-order valence-electron chi connectivity index (χ3n) is 7.86. The second-order valence-electron chi connectivity index (χ2n) is 11.1. The van der Waals surface area contributed by atoms with Crippen LogP contribution in [0.15, 0.2) is 24.5 Å². The molecule has 5 rings (SSSR count). The first-order chi connectivity index (χ1) is 19.5. The molecule has 0 radical (unpaired) electrons. The number of ether oxygens (including phenoxy) is 2. The number of carbonyl (C=O) groups excluding carboxylic acids is 2. The number of carbonyl (C=O) groups is 2. The van der Waals surface area contributed by atoms with Gasteiger partial charge >= 0.3 is 6.18 Å². The van der Waals surface area contributed by atoms with Crippen LogP contribution >= 0.6 is 0 Å². The summed E-state index contributed by atoms with van der Waals surface area (Å²) in [7, 11) is 1.47. The number of alkyl halides is 3. The van der Waals surface area contributed by atoms with Crippen LogP contribution in [0.4, 0.5) is 13.2 Å². The molecule has 0 unspecified atom stereocenters. The first-order valence-corrected chi connectivity index (χ1v) is 13.8. The molecule has 0 saturated heterocycles. The first-order valence-electron chi connectivity index (χ1n) is 13.8. The lowest BCUT2D eigenvalue weighted by atomic mass is 9.82. The van der Waals surface area contributed by atoms with Gasteiger partial charge in [-0.2, -0.15) is 13.2 Å². The van der Waals surface area contributed by atoms with Crippen molar-refractivity contribution < 1.29 is 32.2 Å². The summed E-state index contributed by atoms with van der Waals surface area (Å²) in [5.74, 6) is 0.307. The van der Waals surface area contributed by atoms with Gasteiger partial charge in [0.2, 0.25) is 5.91 Å². The normalized spacial score (nSPS) is 21.1. The van der Waals surface area contributed by atoms with Crippen molar-refractivity contribution in [1.29, 1.82) is 0 Å². The average molecular weight is 574 g/mol. The van der Waals surface area contributed by atoms with Gasteiger partial charge in [-0.25, -0.2) is 9.97 Å². The van der Waals surface area contributed by atoms with Crippen molar-refractivity contribution in [2.24, 2.45) is 11.8 Å². The van der Waals surface area contributed by atoms with Crippen molar-refractivity contribution in [3.8, 4) is 17.0 Å². The van der Waals surface area contributed by atoms with E-state index in [1.165, 1.54) is 19.5 Å². The molecule has 2 fully saturated rings. The molecule has 3 aromatic rings. The Labute approximate surface area is 235 Å². The van der Waals surface area contributed by atoms with Gasteiger partial charge in [0.1, 0.15) is 29.9 Å². The maximum absolute atomic E-state index is 13.6. The Bertz CT molecular complexity index is 1440. The molecule has 2 aliphatic rings. The smallest absolute Gasteiger partial charge is 0.416 e. The summed E-state index contributed by atoms with van der Waals surface area (Å²) in [6.07, 6.45) is 0.869. The number of amides is 2. The number of rotatable bonds is 9. The fraction of sp³-hybridized carbons (Fsp3) is 0.517. The molecule has 2 saturated carbocycles. The molecule has 0 bridgehead atoms. The number of benzene rings is 1. The Hall–Kier alpha value is -3.67. The zero-order valence-electron chi connectivity index (χ0n) is 23.2. The van der Waals surface area contributed by atoms with E-state index < -0.39 is 11.7 Å². The number of halogens is 3. The maximum Gasteiger partial charge on any atom is 0.416 e. The van der Waals surface area contributed by atoms with Gasteiger partial charge in [0.25, 0.3) is 5.91 Å². The van der Waals surface area contributed by atoms with Gasteiger partial charge in [-0.1, -0.05) is 6.92 Å². The third-order valence-corrected chi connectivity index (χ3v) is 7.86. The zero-order chi connectivity index (χ0) is 29.3. The monoisotopic (exact) mass is 573 g/mol. The highest BCUT2D eigenvalue weighted by atomic mass is 19.4. The van der Waals surface area contributed by atoms with Gasteiger partial charge in [-0.3, -0.25) is 9.59 Å². The fourth-order valence-corrected chi connectivity index (χ4v) is 5.50. The zero-order valence-corrected chi connectivity index (χ0v) is 23.2. The molecular weight excluding hydrogens is 539 g/mol. The number of methoxy groups -OCH3 is 1. The number of aryl methyl sites for hydroxylation is 1. The molecule has 3 N–H and O–H groups in total. The largest absolute Gasteiger partial charge is 0.493 e. The van der Waals surface area contributed by atoms with Crippen molar-refractivity contribution in [3.63, 3.8) is 0 Å². The van der Waals surface area contributed by atoms with Gasteiger partial charge in [0, 0.05) is 30.5 Å². The third kappa shape index (κ3) is 6.47. The molecule has 41 heavy (non-hydrogen) atoms. The molecule has 0 aliphatic heterocycles. The first kappa shape index (κ1) is 28.8. The van der Waals surface area contributed by atoms with Gasteiger partial charge in [0.05, 0.1) is 23.3 Å². The topological polar surface area (TPSA) is 118 Å². The van der Waals surface area contributed by atoms with Crippen LogP contribution in [0.25, 0.3) is 22.3 Å².